The van der Waals surface area contributed by atoms with Crippen molar-refractivity contribution in [1.29, 1.82) is 0 Å². The normalized spacial score (nSPS) is 47.5. The minimum Gasteiger partial charge on any atom is -0.481 e. The maximum atomic E-state index is 11.5. The minimum atomic E-state index is -0.692. The molecule has 4 rings (SSSR count). The molecule has 15 heavy (non-hydrogen) atoms. The number of hydrogen-bond donors (Lipinski definition) is 1. The smallest absolute Gasteiger partial charge is 0.309 e. The van der Waals surface area contributed by atoms with E-state index in [1.54, 1.807) is 0 Å². The average molecular weight is 210 g/mol. The number of ether oxygens (including phenoxy) is 1. The summed E-state index contributed by atoms with van der Waals surface area (Å²) in [6.07, 6.45) is 2.64. The van der Waals surface area contributed by atoms with Gasteiger partial charge in [0.25, 0.3) is 0 Å². The van der Waals surface area contributed by atoms with Crippen LogP contribution >= 0.6 is 0 Å². The first-order valence-corrected chi connectivity index (χ1v) is 5.58. The van der Waals surface area contributed by atoms with Gasteiger partial charge in [-0.2, -0.15) is 0 Å². The molecule has 4 heteroatoms. The maximum Gasteiger partial charge on any atom is 0.309 e. The van der Waals surface area contributed by atoms with E-state index in [0.29, 0.717) is 13.0 Å². The van der Waals surface area contributed by atoms with Crippen LogP contribution in [0.15, 0.2) is 0 Å². The van der Waals surface area contributed by atoms with E-state index >= 15 is 0 Å². The van der Waals surface area contributed by atoms with Crippen molar-refractivity contribution in [3.63, 3.8) is 0 Å². The summed E-state index contributed by atoms with van der Waals surface area (Å²) in [6, 6.07) is 0. The molecule has 0 aromatic carbocycles. The number of carboxylic acids is 1. The van der Waals surface area contributed by atoms with E-state index in [9.17, 15) is 9.59 Å². The molecule has 2 bridgehead atoms. The van der Waals surface area contributed by atoms with Crippen molar-refractivity contribution in [3.8, 4) is 0 Å². The molecule has 4 nitrogen and oxygen atoms in total. The van der Waals surface area contributed by atoms with Crippen molar-refractivity contribution in [2.24, 2.45) is 29.6 Å². The molecule has 0 spiro atoms. The van der Waals surface area contributed by atoms with E-state index in [1.807, 2.05) is 0 Å². The van der Waals surface area contributed by atoms with E-state index in [4.69, 9.17) is 9.84 Å². The van der Waals surface area contributed by atoms with Crippen LogP contribution in [0.5, 0.6) is 0 Å². The van der Waals surface area contributed by atoms with Crippen molar-refractivity contribution >= 4 is 11.9 Å². The third-order valence-corrected chi connectivity index (χ3v) is 4.47. The van der Waals surface area contributed by atoms with Gasteiger partial charge >= 0.3 is 11.9 Å². The molecule has 1 aliphatic heterocycles. The lowest BCUT2D eigenvalue weighted by molar-refractivity contribution is -0.155. The van der Waals surface area contributed by atoms with Gasteiger partial charge in [-0.25, -0.2) is 0 Å². The molecule has 3 saturated carbocycles. The Morgan fingerprint density at radius 3 is 2.87 bits per heavy atom. The van der Waals surface area contributed by atoms with Crippen molar-refractivity contribution in [1.82, 2.24) is 0 Å². The molecule has 3 aliphatic carbocycles. The molecule has 5 atom stereocenters. The monoisotopic (exact) mass is 210 g/mol. The van der Waals surface area contributed by atoms with Crippen LogP contribution in [0.3, 0.4) is 0 Å². The molecule has 1 saturated heterocycles. The van der Waals surface area contributed by atoms with E-state index < -0.39 is 5.97 Å². The second kappa shape index (κ2) is 2.97. The topological polar surface area (TPSA) is 63.6 Å². The fourth-order valence-corrected chi connectivity index (χ4v) is 3.83. The highest BCUT2D eigenvalue weighted by Gasteiger charge is 2.56. The van der Waals surface area contributed by atoms with Crippen LogP contribution in [0.1, 0.15) is 19.3 Å². The summed E-state index contributed by atoms with van der Waals surface area (Å²) >= 11 is 0. The van der Waals surface area contributed by atoms with Gasteiger partial charge < -0.3 is 9.84 Å². The Kier molecular flexibility index (Phi) is 1.82. The summed E-state index contributed by atoms with van der Waals surface area (Å²) in [6.45, 7) is 0.453. The highest BCUT2D eigenvalue weighted by molar-refractivity contribution is 5.77. The summed E-state index contributed by atoms with van der Waals surface area (Å²) in [7, 11) is 0. The van der Waals surface area contributed by atoms with Crippen LogP contribution in [-0.4, -0.2) is 23.7 Å². The van der Waals surface area contributed by atoms with Gasteiger partial charge in [-0.15, -0.1) is 0 Å². The number of carbonyl (C=O) groups excluding carboxylic acids is 1. The molecule has 1 N–H and O–H groups in total. The van der Waals surface area contributed by atoms with E-state index in [0.717, 1.165) is 12.8 Å². The van der Waals surface area contributed by atoms with Crippen LogP contribution in [0, 0.1) is 29.6 Å². The standard InChI is InChI=1S/C11H14O4/c12-10(13)7-3-5-1-2-6(7)8-4-15-11(14)9(5)8/h5-9H,1-4H2,(H,12,13). The van der Waals surface area contributed by atoms with Gasteiger partial charge in [0.05, 0.1) is 18.4 Å². The molecule has 4 aliphatic rings. The summed E-state index contributed by atoms with van der Waals surface area (Å²) in [4.78, 5) is 22.6. The van der Waals surface area contributed by atoms with Crippen LogP contribution in [-0.2, 0) is 14.3 Å². The lowest BCUT2D eigenvalue weighted by Gasteiger charge is -2.46. The first kappa shape index (κ1) is 9.19. The van der Waals surface area contributed by atoms with Crippen molar-refractivity contribution in [2.75, 3.05) is 6.61 Å². The second-order valence-electron chi connectivity index (χ2n) is 5.00. The molecule has 82 valence electrons. The van der Waals surface area contributed by atoms with Crippen LogP contribution in [0.4, 0.5) is 0 Å². The Balaban J connectivity index is 1.91. The Morgan fingerprint density at radius 1 is 1.33 bits per heavy atom. The SMILES string of the molecule is O=C(O)C1CC2CCC1C1COC(=O)C21. The van der Waals surface area contributed by atoms with Crippen LogP contribution in [0.2, 0.25) is 0 Å². The summed E-state index contributed by atoms with van der Waals surface area (Å²) in [5, 5.41) is 9.12. The predicted octanol–water partition coefficient (Wildman–Crippen LogP) is 0.906. The summed E-state index contributed by atoms with van der Waals surface area (Å²) in [5.41, 5.74) is 0. The van der Waals surface area contributed by atoms with Gasteiger partial charge in [-0.1, -0.05) is 0 Å². The molecule has 0 amide bonds. The minimum absolute atomic E-state index is 0.0133. The zero-order valence-electron chi connectivity index (χ0n) is 8.39. The fraction of sp³-hybridized carbons (Fsp3) is 0.818. The Bertz CT molecular complexity index is 325. The average Bonchev–Trinajstić information content (AvgIpc) is 2.63. The molecular formula is C11H14O4. The lowest BCUT2D eigenvalue weighted by atomic mass is 9.55. The Hall–Kier alpha value is -1.06. The molecule has 1 heterocycles. The van der Waals surface area contributed by atoms with Gasteiger partial charge in [0.1, 0.15) is 0 Å². The number of cyclic esters (lactones) is 1. The third-order valence-electron chi connectivity index (χ3n) is 4.47. The highest BCUT2D eigenvalue weighted by atomic mass is 16.5. The Labute approximate surface area is 87.6 Å². The second-order valence-corrected chi connectivity index (χ2v) is 5.00. The van der Waals surface area contributed by atoms with E-state index in [-0.39, 0.29) is 35.6 Å². The van der Waals surface area contributed by atoms with Crippen molar-refractivity contribution in [2.45, 2.75) is 19.3 Å². The number of esters is 1. The third kappa shape index (κ3) is 1.13. The zero-order valence-corrected chi connectivity index (χ0v) is 8.39. The number of rotatable bonds is 1. The first-order chi connectivity index (χ1) is 7.18. The number of carboxylic acid groups (broad SMARTS) is 1. The summed E-state index contributed by atoms with van der Waals surface area (Å²) in [5.74, 6) is -0.383. The predicted molar refractivity (Wildman–Crippen MR) is 49.9 cm³/mol. The van der Waals surface area contributed by atoms with Crippen molar-refractivity contribution < 1.29 is 19.4 Å². The number of carbonyl (C=O) groups is 2. The lowest BCUT2D eigenvalue weighted by Crippen LogP contribution is -2.47. The zero-order chi connectivity index (χ0) is 10.6. The molecule has 5 unspecified atom stereocenters. The molecular weight excluding hydrogens is 196 g/mol. The number of fused-ring (bicyclic) bond motifs is 2. The Morgan fingerprint density at radius 2 is 2.13 bits per heavy atom. The number of hydrogen-bond acceptors (Lipinski definition) is 3. The summed E-state index contributed by atoms with van der Waals surface area (Å²) < 4.78 is 5.08. The van der Waals surface area contributed by atoms with Gasteiger partial charge in [0.15, 0.2) is 0 Å². The van der Waals surface area contributed by atoms with Crippen LogP contribution in [0.25, 0.3) is 0 Å². The fourth-order valence-electron chi connectivity index (χ4n) is 3.83. The largest absolute Gasteiger partial charge is 0.481 e. The van der Waals surface area contributed by atoms with E-state index in [1.165, 1.54) is 0 Å². The van der Waals surface area contributed by atoms with E-state index in [2.05, 4.69) is 0 Å². The van der Waals surface area contributed by atoms with Gasteiger partial charge in [-0.05, 0) is 31.1 Å². The van der Waals surface area contributed by atoms with Crippen molar-refractivity contribution in [3.05, 3.63) is 0 Å². The molecule has 4 fully saturated rings. The van der Waals surface area contributed by atoms with Gasteiger partial charge in [0, 0.05) is 5.92 Å². The molecule has 0 aromatic heterocycles. The van der Waals surface area contributed by atoms with Gasteiger partial charge in [-0.3, -0.25) is 9.59 Å². The number of aliphatic carboxylic acids is 1. The quantitative estimate of drug-likeness (QED) is 0.653. The molecule has 0 aromatic rings. The van der Waals surface area contributed by atoms with Crippen LogP contribution < -0.4 is 0 Å². The maximum absolute atomic E-state index is 11.5. The molecule has 0 radical (unpaired) electrons. The first-order valence-electron chi connectivity index (χ1n) is 5.58. The highest BCUT2D eigenvalue weighted by Crippen LogP contribution is 2.54. The van der Waals surface area contributed by atoms with Gasteiger partial charge in [0.2, 0.25) is 0 Å².